The topological polar surface area (TPSA) is 65.0 Å². The van der Waals surface area contributed by atoms with E-state index in [0.29, 0.717) is 6.61 Å². The molecule has 0 aromatic carbocycles. The minimum Gasteiger partial charge on any atom is -0.383 e. The molecule has 0 bridgehead atoms. The van der Waals surface area contributed by atoms with E-state index in [9.17, 15) is 9.90 Å². The van der Waals surface area contributed by atoms with E-state index < -0.39 is 18.0 Å². The standard InChI is InChI=1S/C14H24O5/c1-8(15)11(16)12-9(6-13(2,3)19-12)10-7-17-14(4,5)18-10/h9-12,16H,6-7H2,1-5H3/t9-,10-,11+,12+/m1/s1. The highest BCUT2D eigenvalue weighted by atomic mass is 16.7. The fourth-order valence-corrected chi connectivity index (χ4v) is 2.99. The van der Waals surface area contributed by atoms with Crippen LogP contribution < -0.4 is 0 Å². The summed E-state index contributed by atoms with van der Waals surface area (Å²) in [6.07, 6.45) is -1.02. The van der Waals surface area contributed by atoms with Gasteiger partial charge in [0.05, 0.1) is 24.4 Å². The molecular weight excluding hydrogens is 248 g/mol. The number of carbonyl (C=O) groups excluding carboxylic acids is 1. The maximum atomic E-state index is 11.4. The van der Waals surface area contributed by atoms with E-state index in [0.717, 1.165) is 6.42 Å². The lowest BCUT2D eigenvalue weighted by atomic mass is 9.87. The molecule has 2 aliphatic heterocycles. The van der Waals surface area contributed by atoms with Gasteiger partial charge >= 0.3 is 0 Å². The largest absolute Gasteiger partial charge is 0.383 e. The first kappa shape index (κ1) is 14.9. The molecule has 2 saturated heterocycles. The molecule has 110 valence electrons. The maximum absolute atomic E-state index is 11.4. The lowest BCUT2D eigenvalue weighted by Crippen LogP contribution is -2.42. The van der Waals surface area contributed by atoms with Crippen LogP contribution in [0.1, 0.15) is 41.0 Å². The maximum Gasteiger partial charge on any atom is 0.163 e. The Balaban J connectivity index is 2.15. The Kier molecular flexibility index (Phi) is 3.77. The Hall–Kier alpha value is -0.490. The van der Waals surface area contributed by atoms with Crippen LogP contribution in [-0.4, -0.2) is 47.2 Å². The van der Waals surface area contributed by atoms with Crippen molar-refractivity contribution < 1.29 is 24.1 Å². The van der Waals surface area contributed by atoms with E-state index in [1.54, 1.807) is 0 Å². The third-order valence-electron chi connectivity index (χ3n) is 3.84. The van der Waals surface area contributed by atoms with E-state index in [-0.39, 0.29) is 23.4 Å². The predicted octanol–water partition coefficient (Wildman–Crippen LogP) is 1.27. The summed E-state index contributed by atoms with van der Waals surface area (Å²) in [6, 6.07) is 0. The van der Waals surface area contributed by atoms with E-state index in [1.807, 2.05) is 27.7 Å². The summed E-state index contributed by atoms with van der Waals surface area (Å²) in [6.45, 7) is 9.51. The Morgan fingerprint density at radius 1 is 1.26 bits per heavy atom. The zero-order valence-corrected chi connectivity index (χ0v) is 12.3. The normalized spacial score (nSPS) is 38.3. The van der Waals surface area contributed by atoms with Crippen LogP contribution in [0.15, 0.2) is 0 Å². The summed E-state index contributed by atoms with van der Waals surface area (Å²) < 4.78 is 17.3. The number of aliphatic hydroxyl groups excluding tert-OH is 1. The van der Waals surface area contributed by atoms with Crippen molar-refractivity contribution in [1.82, 2.24) is 0 Å². The van der Waals surface area contributed by atoms with Crippen LogP contribution in [0.5, 0.6) is 0 Å². The van der Waals surface area contributed by atoms with E-state index in [1.165, 1.54) is 6.92 Å². The second-order valence-electron chi connectivity index (χ2n) is 6.63. The second kappa shape index (κ2) is 4.81. The highest BCUT2D eigenvalue weighted by Gasteiger charge is 2.51. The number of rotatable bonds is 3. The van der Waals surface area contributed by atoms with Crippen LogP contribution in [0.3, 0.4) is 0 Å². The van der Waals surface area contributed by atoms with E-state index in [2.05, 4.69) is 0 Å². The first-order valence-electron chi connectivity index (χ1n) is 6.79. The molecule has 19 heavy (non-hydrogen) atoms. The first-order valence-corrected chi connectivity index (χ1v) is 6.79. The second-order valence-corrected chi connectivity index (χ2v) is 6.63. The van der Waals surface area contributed by atoms with Crippen molar-refractivity contribution in [3.63, 3.8) is 0 Å². The van der Waals surface area contributed by atoms with Gasteiger partial charge in [0.2, 0.25) is 0 Å². The van der Waals surface area contributed by atoms with Gasteiger partial charge in [-0.05, 0) is 41.0 Å². The highest BCUT2D eigenvalue weighted by molar-refractivity contribution is 5.80. The zero-order chi connectivity index (χ0) is 14.4. The molecule has 0 aromatic heterocycles. The molecular formula is C14H24O5. The molecule has 0 spiro atoms. The van der Waals surface area contributed by atoms with Crippen LogP contribution in [0.2, 0.25) is 0 Å². The molecule has 5 heteroatoms. The Morgan fingerprint density at radius 3 is 2.37 bits per heavy atom. The predicted molar refractivity (Wildman–Crippen MR) is 68.7 cm³/mol. The Bertz CT molecular complexity index is 363. The minimum absolute atomic E-state index is 0.0318. The first-order chi connectivity index (χ1) is 8.61. The molecule has 2 fully saturated rings. The number of ketones is 1. The molecule has 4 atom stereocenters. The van der Waals surface area contributed by atoms with Crippen molar-refractivity contribution in [2.45, 2.75) is 70.7 Å². The van der Waals surface area contributed by atoms with Crippen molar-refractivity contribution in [3.8, 4) is 0 Å². The van der Waals surface area contributed by atoms with Crippen LogP contribution in [0, 0.1) is 5.92 Å². The molecule has 5 nitrogen and oxygen atoms in total. The summed E-state index contributed by atoms with van der Waals surface area (Å²) in [5.41, 5.74) is -0.359. The summed E-state index contributed by atoms with van der Waals surface area (Å²) in [5.74, 6) is -0.912. The van der Waals surface area contributed by atoms with Crippen molar-refractivity contribution in [1.29, 1.82) is 0 Å². The molecule has 0 aromatic rings. The van der Waals surface area contributed by atoms with E-state index in [4.69, 9.17) is 14.2 Å². The van der Waals surface area contributed by atoms with Crippen molar-refractivity contribution in [2.24, 2.45) is 5.92 Å². The smallest absolute Gasteiger partial charge is 0.163 e. The van der Waals surface area contributed by atoms with Gasteiger partial charge < -0.3 is 19.3 Å². The van der Waals surface area contributed by atoms with Gasteiger partial charge in [-0.25, -0.2) is 0 Å². The molecule has 2 heterocycles. The van der Waals surface area contributed by atoms with Crippen LogP contribution >= 0.6 is 0 Å². The number of carbonyl (C=O) groups is 1. The van der Waals surface area contributed by atoms with Crippen molar-refractivity contribution >= 4 is 5.78 Å². The fraction of sp³-hybridized carbons (Fsp3) is 0.929. The number of Topliss-reactive ketones (excluding diaryl/α,β-unsaturated/α-hetero) is 1. The van der Waals surface area contributed by atoms with Gasteiger partial charge in [-0.3, -0.25) is 4.79 Å². The molecule has 1 N–H and O–H groups in total. The summed E-state index contributed by atoms with van der Waals surface area (Å²) >= 11 is 0. The van der Waals surface area contributed by atoms with Gasteiger partial charge in [-0.15, -0.1) is 0 Å². The molecule has 0 aliphatic carbocycles. The SMILES string of the molecule is CC(=O)[C@H](O)[C@H]1OC(C)(C)C[C@@H]1[C@H]1COC(C)(C)O1. The lowest BCUT2D eigenvalue weighted by Gasteiger charge is -2.26. The minimum atomic E-state index is -1.10. The molecule has 2 aliphatic rings. The van der Waals surface area contributed by atoms with Crippen molar-refractivity contribution in [2.75, 3.05) is 6.61 Å². The zero-order valence-electron chi connectivity index (χ0n) is 12.3. The third-order valence-corrected chi connectivity index (χ3v) is 3.84. The van der Waals surface area contributed by atoms with Crippen LogP contribution in [0.25, 0.3) is 0 Å². The average Bonchev–Trinajstić information content (AvgIpc) is 2.77. The Morgan fingerprint density at radius 2 is 1.89 bits per heavy atom. The van der Waals surface area contributed by atoms with Gasteiger partial charge in [0.1, 0.15) is 6.10 Å². The molecule has 0 unspecified atom stereocenters. The fourth-order valence-electron chi connectivity index (χ4n) is 2.99. The summed E-state index contributed by atoms with van der Waals surface area (Å²) in [4.78, 5) is 11.4. The quantitative estimate of drug-likeness (QED) is 0.838. The molecule has 0 radical (unpaired) electrons. The van der Waals surface area contributed by atoms with E-state index >= 15 is 0 Å². The molecule has 2 rings (SSSR count). The number of hydrogen-bond acceptors (Lipinski definition) is 5. The highest BCUT2D eigenvalue weighted by Crippen LogP contribution is 2.42. The van der Waals surface area contributed by atoms with Gasteiger partial charge in [0, 0.05) is 5.92 Å². The summed E-state index contributed by atoms with van der Waals surface area (Å²) in [5, 5.41) is 10.0. The number of hydrogen-bond donors (Lipinski definition) is 1. The average molecular weight is 272 g/mol. The number of ether oxygens (including phenoxy) is 3. The van der Waals surface area contributed by atoms with Gasteiger partial charge in [0.25, 0.3) is 0 Å². The van der Waals surface area contributed by atoms with Crippen molar-refractivity contribution in [3.05, 3.63) is 0 Å². The molecule has 0 amide bonds. The van der Waals surface area contributed by atoms with Gasteiger partial charge in [-0.2, -0.15) is 0 Å². The molecule has 0 saturated carbocycles. The lowest BCUT2D eigenvalue weighted by molar-refractivity contribution is -0.155. The third kappa shape index (κ3) is 3.16. The van der Waals surface area contributed by atoms with Gasteiger partial charge in [-0.1, -0.05) is 0 Å². The Labute approximate surface area is 114 Å². The van der Waals surface area contributed by atoms with Crippen LogP contribution in [0.4, 0.5) is 0 Å². The monoisotopic (exact) mass is 272 g/mol. The number of aliphatic hydroxyl groups is 1. The van der Waals surface area contributed by atoms with Crippen LogP contribution in [-0.2, 0) is 19.0 Å². The summed E-state index contributed by atoms with van der Waals surface area (Å²) in [7, 11) is 0. The van der Waals surface area contributed by atoms with Gasteiger partial charge in [0.15, 0.2) is 11.6 Å².